The SMILES string of the molecule is COc1cccc(OCc2nc(C(=O)NCc3ncc(C)[nH]3)co2)c1. The molecule has 3 rings (SSSR count). The average Bonchev–Trinajstić information content (AvgIpc) is 3.27. The number of aromatic nitrogens is 3. The molecule has 1 amide bonds. The molecule has 0 unspecified atom stereocenters. The second kappa shape index (κ2) is 7.52. The van der Waals surface area contributed by atoms with Gasteiger partial charge >= 0.3 is 0 Å². The monoisotopic (exact) mass is 342 g/mol. The fourth-order valence-electron chi connectivity index (χ4n) is 2.13. The molecule has 2 aromatic heterocycles. The van der Waals surface area contributed by atoms with Gasteiger partial charge in [-0.1, -0.05) is 6.07 Å². The molecule has 0 saturated heterocycles. The van der Waals surface area contributed by atoms with Gasteiger partial charge in [0.2, 0.25) is 5.89 Å². The molecule has 0 aliphatic heterocycles. The van der Waals surface area contributed by atoms with Crippen LogP contribution in [0.5, 0.6) is 11.5 Å². The van der Waals surface area contributed by atoms with Gasteiger partial charge in [-0.3, -0.25) is 4.79 Å². The number of H-pyrrole nitrogens is 1. The number of hydrogen-bond donors (Lipinski definition) is 2. The number of hydrogen-bond acceptors (Lipinski definition) is 6. The Kier molecular flexibility index (Phi) is 4.98. The van der Waals surface area contributed by atoms with Crippen LogP contribution in [-0.4, -0.2) is 28.0 Å². The quantitative estimate of drug-likeness (QED) is 0.682. The standard InChI is InChI=1S/C17H18N4O4/c1-11-7-18-15(20-11)8-19-17(22)14-9-25-16(21-14)10-24-13-5-3-4-12(6-13)23-2/h3-7,9H,8,10H2,1-2H3,(H,18,20)(H,19,22). The van der Waals surface area contributed by atoms with Crippen LogP contribution in [0.1, 0.15) is 27.9 Å². The van der Waals surface area contributed by atoms with Crippen LogP contribution < -0.4 is 14.8 Å². The van der Waals surface area contributed by atoms with E-state index in [4.69, 9.17) is 13.9 Å². The molecule has 0 radical (unpaired) electrons. The third kappa shape index (κ3) is 4.37. The largest absolute Gasteiger partial charge is 0.497 e. The summed E-state index contributed by atoms with van der Waals surface area (Å²) in [4.78, 5) is 23.3. The van der Waals surface area contributed by atoms with E-state index < -0.39 is 0 Å². The normalized spacial score (nSPS) is 10.5. The molecule has 2 heterocycles. The maximum absolute atomic E-state index is 12.1. The second-order valence-electron chi connectivity index (χ2n) is 5.29. The molecule has 8 heteroatoms. The number of nitrogens with one attached hydrogen (secondary N) is 2. The lowest BCUT2D eigenvalue weighted by molar-refractivity contribution is 0.0945. The Morgan fingerprint density at radius 1 is 1.36 bits per heavy atom. The van der Waals surface area contributed by atoms with Crippen molar-refractivity contribution in [3.63, 3.8) is 0 Å². The van der Waals surface area contributed by atoms with E-state index in [1.807, 2.05) is 19.1 Å². The molecule has 3 aromatic rings. The van der Waals surface area contributed by atoms with E-state index in [-0.39, 0.29) is 24.8 Å². The number of rotatable bonds is 7. The van der Waals surface area contributed by atoms with Gasteiger partial charge in [-0.25, -0.2) is 9.97 Å². The number of ether oxygens (including phenoxy) is 2. The highest BCUT2D eigenvalue weighted by Crippen LogP contribution is 2.19. The molecule has 130 valence electrons. The first-order valence-electron chi connectivity index (χ1n) is 7.64. The highest BCUT2D eigenvalue weighted by Gasteiger charge is 2.13. The zero-order valence-corrected chi connectivity index (χ0v) is 13.9. The number of aromatic amines is 1. The maximum atomic E-state index is 12.1. The number of carbonyl (C=O) groups excluding carboxylic acids is 1. The van der Waals surface area contributed by atoms with E-state index in [1.54, 1.807) is 25.4 Å². The Morgan fingerprint density at radius 3 is 2.96 bits per heavy atom. The Morgan fingerprint density at radius 2 is 2.20 bits per heavy atom. The number of oxazole rings is 1. The fourth-order valence-corrected chi connectivity index (χ4v) is 2.13. The number of aryl methyl sites for hydroxylation is 1. The van der Waals surface area contributed by atoms with Crippen LogP contribution in [-0.2, 0) is 13.2 Å². The molecular weight excluding hydrogens is 324 g/mol. The average molecular weight is 342 g/mol. The van der Waals surface area contributed by atoms with E-state index in [0.29, 0.717) is 23.2 Å². The van der Waals surface area contributed by atoms with Gasteiger partial charge in [0.15, 0.2) is 12.3 Å². The number of methoxy groups -OCH3 is 1. The Hall–Kier alpha value is -3.29. The van der Waals surface area contributed by atoms with Crippen molar-refractivity contribution in [3.05, 3.63) is 59.8 Å². The van der Waals surface area contributed by atoms with E-state index >= 15 is 0 Å². The number of amides is 1. The number of imidazole rings is 1. The Labute approximate surface area is 144 Å². The van der Waals surface area contributed by atoms with Crippen molar-refractivity contribution in [1.29, 1.82) is 0 Å². The summed E-state index contributed by atoms with van der Waals surface area (Å²) < 4.78 is 16.0. The molecule has 25 heavy (non-hydrogen) atoms. The highest BCUT2D eigenvalue weighted by molar-refractivity contribution is 5.91. The third-order valence-electron chi connectivity index (χ3n) is 3.36. The van der Waals surface area contributed by atoms with Crippen molar-refractivity contribution in [3.8, 4) is 11.5 Å². The molecule has 0 bridgehead atoms. The molecule has 0 aliphatic carbocycles. The van der Waals surface area contributed by atoms with Crippen LogP contribution in [0.3, 0.4) is 0 Å². The van der Waals surface area contributed by atoms with Crippen molar-refractivity contribution in [2.24, 2.45) is 0 Å². The van der Waals surface area contributed by atoms with Gasteiger partial charge in [0.05, 0.1) is 13.7 Å². The summed E-state index contributed by atoms with van der Waals surface area (Å²) in [6, 6.07) is 7.19. The lowest BCUT2D eigenvalue weighted by Gasteiger charge is -2.05. The lowest BCUT2D eigenvalue weighted by Crippen LogP contribution is -2.23. The predicted molar refractivity (Wildman–Crippen MR) is 88.3 cm³/mol. The topological polar surface area (TPSA) is 102 Å². The first kappa shape index (κ1) is 16.6. The van der Waals surface area contributed by atoms with Gasteiger partial charge in [-0.2, -0.15) is 0 Å². The van der Waals surface area contributed by atoms with Gasteiger partial charge in [0.25, 0.3) is 5.91 Å². The summed E-state index contributed by atoms with van der Waals surface area (Å²) in [5, 5.41) is 2.72. The maximum Gasteiger partial charge on any atom is 0.273 e. The van der Waals surface area contributed by atoms with Crippen molar-refractivity contribution >= 4 is 5.91 Å². The van der Waals surface area contributed by atoms with Crippen LogP contribution in [0.2, 0.25) is 0 Å². The molecule has 0 atom stereocenters. The van der Waals surface area contributed by atoms with E-state index in [1.165, 1.54) is 6.26 Å². The summed E-state index contributed by atoms with van der Waals surface area (Å²) in [6.45, 7) is 2.29. The van der Waals surface area contributed by atoms with Gasteiger partial charge < -0.3 is 24.2 Å². The fraction of sp³-hybridized carbons (Fsp3) is 0.235. The second-order valence-corrected chi connectivity index (χ2v) is 5.29. The summed E-state index contributed by atoms with van der Waals surface area (Å²) in [7, 11) is 1.59. The van der Waals surface area contributed by atoms with Gasteiger partial charge in [-0.15, -0.1) is 0 Å². The minimum Gasteiger partial charge on any atom is -0.497 e. The lowest BCUT2D eigenvalue weighted by atomic mass is 10.3. The number of benzene rings is 1. The third-order valence-corrected chi connectivity index (χ3v) is 3.36. The molecule has 0 saturated carbocycles. The van der Waals surface area contributed by atoms with Crippen LogP contribution >= 0.6 is 0 Å². The minimum atomic E-state index is -0.342. The first-order chi connectivity index (χ1) is 12.1. The molecule has 0 aliphatic rings. The van der Waals surface area contributed by atoms with E-state index in [0.717, 1.165) is 5.69 Å². The summed E-state index contributed by atoms with van der Waals surface area (Å²) >= 11 is 0. The summed E-state index contributed by atoms with van der Waals surface area (Å²) in [5.41, 5.74) is 1.12. The summed E-state index contributed by atoms with van der Waals surface area (Å²) in [5.74, 6) is 1.96. The molecule has 8 nitrogen and oxygen atoms in total. The molecule has 0 fully saturated rings. The summed E-state index contributed by atoms with van der Waals surface area (Å²) in [6.07, 6.45) is 3.00. The van der Waals surface area contributed by atoms with Crippen LogP contribution in [0.25, 0.3) is 0 Å². The van der Waals surface area contributed by atoms with Crippen molar-refractivity contribution < 1.29 is 18.7 Å². The van der Waals surface area contributed by atoms with Crippen molar-refractivity contribution in [2.45, 2.75) is 20.1 Å². The number of nitrogens with zero attached hydrogens (tertiary/aromatic N) is 2. The van der Waals surface area contributed by atoms with E-state index in [2.05, 4.69) is 20.3 Å². The number of carbonyl (C=O) groups is 1. The minimum absolute atomic E-state index is 0.109. The van der Waals surface area contributed by atoms with Gasteiger partial charge in [0.1, 0.15) is 23.6 Å². The van der Waals surface area contributed by atoms with Crippen LogP contribution in [0, 0.1) is 6.92 Å². The Bertz CT molecular complexity index is 856. The molecule has 1 aromatic carbocycles. The molecule has 2 N–H and O–H groups in total. The predicted octanol–water partition coefficient (Wildman–Crippen LogP) is 2.22. The van der Waals surface area contributed by atoms with Crippen molar-refractivity contribution in [1.82, 2.24) is 20.3 Å². The Balaban J connectivity index is 1.53. The zero-order chi connectivity index (χ0) is 17.6. The van der Waals surface area contributed by atoms with Crippen molar-refractivity contribution in [2.75, 3.05) is 7.11 Å². The van der Waals surface area contributed by atoms with Crippen LogP contribution in [0.4, 0.5) is 0 Å². The molecular formula is C17H18N4O4. The van der Waals surface area contributed by atoms with Gasteiger partial charge in [0, 0.05) is 18.0 Å². The smallest absolute Gasteiger partial charge is 0.273 e. The van der Waals surface area contributed by atoms with Gasteiger partial charge in [-0.05, 0) is 19.1 Å². The molecule has 0 spiro atoms. The zero-order valence-electron chi connectivity index (χ0n) is 13.9. The van der Waals surface area contributed by atoms with Crippen LogP contribution in [0.15, 0.2) is 41.1 Å². The van der Waals surface area contributed by atoms with E-state index in [9.17, 15) is 4.79 Å². The highest BCUT2D eigenvalue weighted by atomic mass is 16.5. The first-order valence-corrected chi connectivity index (χ1v) is 7.64.